The van der Waals surface area contributed by atoms with E-state index in [2.05, 4.69) is 15.0 Å². The predicted octanol–water partition coefficient (Wildman–Crippen LogP) is 3.81. The summed E-state index contributed by atoms with van der Waals surface area (Å²) in [4.78, 5) is 15.8. The van der Waals surface area contributed by atoms with E-state index in [1.165, 1.54) is 24.5 Å². The zero-order valence-electron chi connectivity index (χ0n) is 12.5. The van der Waals surface area contributed by atoms with Crippen molar-refractivity contribution < 1.29 is 27.1 Å². The van der Waals surface area contributed by atoms with E-state index in [1.54, 1.807) is 19.1 Å². The molecule has 2 rings (SSSR count). The molecule has 1 atom stereocenters. The fourth-order valence-electron chi connectivity index (χ4n) is 1.89. The Morgan fingerprint density at radius 2 is 1.71 bits per heavy atom. The largest absolute Gasteiger partial charge is 0.461 e. The molecule has 0 saturated carbocycles. The van der Waals surface area contributed by atoms with Crippen molar-refractivity contribution in [3.05, 3.63) is 59.9 Å². The number of hydrogen-bond donors (Lipinski definition) is 1. The van der Waals surface area contributed by atoms with Gasteiger partial charge in [-0.2, -0.15) is 17.6 Å². The Bertz CT molecular complexity index is 678. The van der Waals surface area contributed by atoms with Crippen molar-refractivity contribution in [1.82, 2.24) is 10.3 Å². The summed E-state index contributed by atoms with van der Waals surface area (Å²) in [6.45, 7) is 1.70. The maximum Gasteiger partial charge on any atom is 0.461 e. The number of rotatable bonds is 6. The van der Waals surface area contributed by atoms with E-state index < -0.39 is 24.3 Å². The van der Waals surface area contributed by atoms with Crippen LogP contribution in [0.2, 0.25) is 0 Å². The molecule has 0 fully saturated rings. The van der Waals surface area contributed by atoms with Gasteiger partial charge in [0.1, 0.15) is 5.75 Å². The lowest BCUT2D eigenvalue weighted by molar-refractivity contribution is -0.253. The number of ether oxygens (including phenoxy) is 1. The van der Waals surface area contributed by atoms with Crippen LogP contribution in [0.5, 0.6) is 5.75 Å². The van der Waals surface area contributed by atoms with Crippen LogP contribution in [0.1, 0.15) is 28.9 Å². The van der Waals surface area contributed by atoms with E-state index in [-0.39, 0.29) is 5.91 Å². The van der Waals surface area contributed by atoms with E-state index in [0.29, 0.717) is 11.1 Å². The predicted molar refractivity (Wildman–Crippen MR) is 78.1 cm³/mol. The number of hydrogen-bond acceptors (Lipinski definition) is 3. The van der Waals surface area contributed by atoms with Crippen LogP contribution in [0, 0.1) is 0 Å². The molecular weight excluding hydrogens is 328 g/mol. The van der Waals surface area contributed by atoms with Crippen LogP contribution in [0.4, 0.5) is 17.6 Å². The van der Waals surface area contributed by atoms with Crippen molar-refractivity contribution in [3.8, 4) is 5.75 Å². The smallest absolute Gasteiger partial charge is 0.428 e. The Kier molecular flexibility index (Phi) is 5.38. The lowest BCUT2D eigenvalue weighted by atomic mass is 10.1. The van der Waals surface area contributed by atoms with Crippen molar-refractivity contribution >= 4 is 5.91 Å². The van der Waals surface area contributed by atoms with Gasteiger partial charge in [-0.3, -0.25) is 9.78 Å². The average molecular weight is 342 g/mol. The molecule has 0 aliphatic rings. The molecule has 2 aromatic rings. The fourth-order valence-corrected chi connectivity index (χ4v) is 1.89. The molecule has 4 nitrogen and oxygen atoms in total. The number of amides is 1. The van der Waals surface area contributed by atoms with Crippen LogP contribution < -0.4 is 10.1 Å². The Labute approximate surface area is 135 Å². The van der Waals surface area contributed by atoms with E-state index in [4.69, 9.17) is 0 Å². The van der Waals surface area contributed by atoms with Gasteiger partial charge in [-0.15, -0.1) is 0 Å². The highest BCUT2D eigenvalue weighted by atomic mass is 19.3. The third-order valence-electron chi connectivity index (χ3n) is 3.18. The van der Waals surface area contributed by atoms with Crippen molar-refractivity contribution in [2.45, 2.75) is 25.5 Å². The monoisotopic (exact) mass is 342 g/mol. The van der Waals surface area contributed by atoms with Gasteiger partial charge in [0.15, 0.2) is 0 Å². The molecule has 1 unspecified atom stereocenters. The molecule has 0 aliphatic heterocycles. The van der Waals surface area contributed by atoms with Gasteiger partial charge in [0.05, 0.1) is 6.04 Å². The second kappa shape index (κ2) is 7.29. The highest BCUT2D eigenvalue weighted by molar-refractivity contribution is 5.94. The molecule has 24 heavy (non-hydrogen) atoms. The Morgan fingerprint density at radius 1 is 1.12 bits per heavy atom. The van der Waals surface area contributed by atoms with Crippen LogP contribution in [0.3, 0.4) is 0 Å². The van der Waals surface area contributed by atoms with Crippen LogP contribution in [0.25, 0.3) is 0 Å². The van der Waals surface area contributed by atoms with E-state index in [0.717, 1.165) is 12.1 Å². The lowest BCUT2D eigenvalue weighted by Gasteiger charge is -2.18. The fraction of sp³-hybridized carbons (Fsp3) is 0.250. The number of pyridine rings is 1. The molecule has 1 aromatic carbocycles. The van der Waals surface area contributed by atoms with Crippen LogP contribution >= 0.6 is 0 Å². The van der Waals surface area contributed by atoms with Gasteiger partial charge in [0, 0.05) is 18.0 Å². The van der Waals surface area contributed by atoms with E-state index in [9.17, 15) is 22.4 Å². The number of carbonyl (C=O) groups excluding carboxylic acids is 1. The molecule has 0 saturated heterocycles. The van der Waals surface area contributed by atoms with Crippen molar-refractivity contribution in [2.75, 3.05) is 0 Å². The zero-order chi connectivity index (χ0) is 17.7. The SMILES string of the molecule is CC(NC(=O)c1ccncc1)c1ccc(OC(F)(F)C(F)F)cc1. The van der Waals surface area contributed by atoms with Gasteiger partial charge < -0.3 is 10.1 Å². The summed E-state index contributed by atoms with van der Waals surface area (Å²) >= 11 is 0. The lowest BCUT2D eigenvalue weighted by Crippen LogP contribution is -2.33. The number of nitrogens with one attached hydrogen (secondary N) is 1. The Balaban J connectivity index is 2.01. The summed E-state index contributed by atoms with van der Waals surface area (Å²) in [5.74, 6) is -0.717. The maximum absolute atomic E-state index is 12.8. The minimum Gasteiger partial charge on any atom is -0.428 e. The van der Waals surface area contributed by atoms with Gasteiger partial charge in [0.2, 0.25) is 0 Å². The summed E-state index contributed by atoms with van der Waals surface area (Å²) in [6, 6.07) is 7.77. The second-order valence-electron chi connectivity index (χ2n) is 4.96. The molecule has 0 radical (unpaired) electrons. The minimum absolute atomic E-state index is 0.325. The molecule has 1 N–H and O–H groups in total. The Morgan fingerprint density at radius 3 is 2.25 bits per heavy atom. The summed E-state index contributed by atoms with van der Waals surface area (Å²) < 4.78 is 53.8. The highest BCUT2D eigenvalue weighted by Gasteiger charge is 2.43. The van der Waals surface area contributed by atoms with Crippen molar-refractivity contribution in [3.63, 3.8) is 0 Å². The topological polar surface area (TPSA) is 51.2 Å². The third kappa shape index (κ3) is 4.43. The number of nitrogens with zero attached hydrogens (tertiary/aromatic N) is 1. The molecule has 128 valence electrons. The molecular formula is C16H14F4N2O2. The first-order chi connectivity index (χ1) is 11.3. The Hall–Kier alpha value is -2.64. The summed E-state index contributed by atoms with van der Waals surface area (Å²) in [5.41, 5.74) is 1.03. The third-order valence-corrected chi connectivity index (χ3v) is 3.18. The van der Waals surface area contributed by atoms with Crippen LogP contribution in [0.15, 0.2) is 48.8 Å². The van der Waals surface area contributed by atoms with Gasteiger partial charge in [-0.25, -0.2) is 0 Å². The zero-order valence-corrected chi connectivity index (χ0v) is 12.5. The summed E-state index contributed by atoms with van der Waals surface area (Å²) in [5, 5.41) is 2.72. The molecule has 0 aliphatic carbocycles. The minimum atomic E-state index is -4.55. The van der Waals surface area contributed by atoms with E-state index in [1.807, 2.05) is 0 Å². The van der Waals surface area contributed by atoms with Gasteiger partial charge in [0.25, 0.3) is 5.91 Å². The first kappa shape index (κ1) is 17.7. The van der Waals surface area contributed by atoms with E-state index >= 15 is 0 Å². The van der Waals surface area contributed by atoms with Gasteiger partial charge in [-0.1, -0.05) is 12.1 Å². The number of carbonyl (C=O) groups is 1. The molecule has 1 aromatic heterocycles. The highest BCUT2D eigenvalue weighted by Crippen LogP contribution is 2.28. The van der Waals surface area contributed by atoms with Crippen molar-refractivity contribution in [1.29, 1.82) is 0 Å². The standard InChI is InChI=1S/C16H14F4N2O2/c1-10(22-14(23)12-6-8-21-9-7-12)11-2-4-13(5-3-11)24-16(19,20)15(17)18/h2-10,15H,1H3,(H,22,23). The number of benzene rings is 1. The molecule has 0 bridgehead atoms. The molecule has 8 heteroatoms. The summed E-state index contributed by atoms with van der Waals surface area (Å²) in [6.07, 6.45) is -5.51. The average Bonchev–Trinajstić information content (AvgIpc) is 2.55. The quantitative estimate of drug-likeness (QED) is 0.812. The normalized spacial score (nSPS) is 12.8. The van der Waals surface area contributed by atoms with Crippen molar-refractivity contribution in [2.24, 2.45) is 0 Å². The maximum atomic E-state index is 12.8. The summed E-state index contributed by atoms with van der Waals surface area (Å²) in [7, 11) is 0. The van der Waals surface area contributed by atoms with Gasteiger partial charge >= 0.3 is 12.5 Å². The first-order valence-corrected chi connectivity index (χ1v) is 6.95. The second-order valence-corrected chi connectivity index (χ2v) is 4.96. The van der Waals surface area contributed by atoms with Crippen LogP contribution in [-0.4, -0.2) is 23.4 Å². The van der Waals surface area contributed by atoms with Gasteiger partial charge in [-0.05, 0) is 36.8 Å². The number of alkyl halides is 4. The van der Waals surface area contributed by atoms with Crippen LogP contribution in [-0.2, 0) is 0 Å². The number of aromatic nitrogens is 1. The molecule has 1 heterocycles. The molecule has 1 amide bonds. The first-order valence-electron chi connectivity index (χ1n) is 6.95. The number of halogens is 4. The molecule has 0 spiro atoms.